The SMILES string of the molecule is COC(C)C(O)Cc1ccc(F)cc1C. The van der Waals surface area contributed by atoms with Gasteiger partial charge in [0.1, 0.15) is 5.82 Å². The lowest BCUT2D eigenvalue weighted by atomic mass is 10.0. The number of hydrogen-bond donors (Lipinski definition) is 1. The molecule has 2 nitrogen and oxygen atoms in total. The molecule has 0 amide bonds. The molecule has 0 saturated carbocycles. The Kier molecular flexibility index (Phi) is 4.24. The first-order chi connectivity index (χ1) is 7.04. The molecule has 1 rings (SSSR count). The second-order valence-corrected chi connectivity index (χ2v) is 3.78. The Bertz CT molecular complexity index is 325. The van der Waals surface area contributed by atoms with Gasteiger partial charge in [0, 0.05) is 13.5 Å². The Hall–Kier alpha value is -0.930. The zero-order valence-corrected chi connectivity index (χ0v) is 9.33. The molecule has 0 saturated heterocycles. The molecule has 15 heavy (non-hydrogen) atoms. The van der Waals surface area contributed by atoms with Crippen LogP contribution in [0.1, 0.15) is 18.1 Å². The Labute approximate surface area is 89.7 Å². The van der Waals surface area contributed by atoms with Gasteiger partial charge in [0.15, 0.2) is 0 Å². The van der Waals surface area contributed by atoms with Gasteiger partial charge in [0.05, 0.1) is 12.2 Å². The monoisotopic (exact) mass is 212 g/mol. The van der Waals surface area contributed by atoms with Crippen molar-refractivity contribution in [2.45, 2.75) is 32.5 Å². The van der Waals surface area contributed by atoms with E-state index in [0.717, 1.165) is 11.1 Å². The van der Waals surface area contributed by atoms with Crippen molar-refractivity contribution in [3.8, 4) is 0 Å². The average molecular weight is 212 g/mol. The normalized spacial score (nSPS) is 15.0. The lowest BCUT2D eigenvalue weighted by molar-refractivity contribution is 0.000335. The number of halogens is 1. The van der Waals surface area contributed by atoms with Crippen LogP contribution in [0.15, 0.2) is 18.2 Å². The molecule has 0 aliphatic carbocycles. The summed E-state index contributed by atoms with van der Waals surface area (Å²) in [5.41, 5.74) is 1.81. The van der Waals surface area contributed by atoms with Crippen LogP contribution in [0.3, 0.4) is 0 Å². The fourth-order valence-electron chi connectivity index (χ4n) is 1.44. The Morgan fingerprint density at radius 3 is 2.67 bits per heavy atom. The van der Waals surface area contributed by atoms with Gasteiger partial charge in [0.2, 0.25) is 0 Å². The first-order valence-electron chi connectivity index (χ1n) is 5.00. The molecule has 1 aromatic carbocycles. The highest BCUT2D eigenvalue weighted by Gasteiger charge is 2.14. The van der Waals surface area contributed by atoms with E-state index in [1.807, 2.05) is 13.8 Å². The third kappa shape index (κ3) is 3.29. The summed E-state index contributed by atoms with van der Waals surface area (Å²) in [6.45, 7) is 3.64. The van der Waals surface area contributed by atoms with Crippen molar-refractivity contribution in [1.29, 1.82) is 0 Å². The summed E-state index contributed by atoms with van der Waals surface area (Å²) in [4.78, 5) is 0. The quantitative estimate of drug-likeness (QED) is 0.828. The van der Waals surface area contributed by atoms with Crippen molar-refractivity contribution in [3.05, 3.63) is 35.1 Å². The van der Waals surface area contributed by atoms with Crippen LogP contribution < -0.4 is 0 Å². The maximum Gasteiger partial charge on any atom is 0.123 e. The standard InChI is InChI=1S/C12H17FO2/c1-8-6-11(13)5-4-10(8)7-12(14)9(2)15-3/h4-6,9,12,14H,7H2,1-3H3. The Morgan fingerprint density at radius 1 is 1.47 bits per heavy atom. The number of aliphatic hydroxyl groups is 1. The van der Waals surface area contributed by atoms with Gasteiger partial charge in [-0.15, -0.1) is 0 Å². The molecule has 84 valence electrons. The van der Waals surface area contributed by atoms with E-state index >= 15 is 0 Å². The first-order valence-corrected chi connectivity index (χ1v) is 5.00. The fourth-order valence-corrected chi connectivity index (χ4v) is 1.44. The molecule has 0 radical (unpaired) electrons. The fraction of sp³-hybridized carbons (Fsp3) is 0.500. The molecule has 3 heteroatoms. The zero-order chi connectivity index (χ0) is 11.4. The van der Waals surface area contributed by atoms with Gasteiger partial charge in [-0.05, 0) is 37.1 Å². The third-order valence-corrected chi connectivity index (χ3v) is 2.65. The van der Waals surface area contributed by atoms with Crippen molar-refractivity contribution >= 4 is 0 Å². The molecule has 0 spiro atoms. The first kappa shape index (κ1) is 12.1. The second kappa shape index (κ2) is 5.24. The molecular weight excluding hydrogens is 195 g/mol. The minimum absolute atomic E-state index is 0.213. The van der Waals surface area contributed by atoms with E-state index in [-0.39, 0.29) is 11.9 Å². The Balaban J connectivity index is 2.72. The van der Waals surface area contributed by atoms with Crippen LogP contribution in [0.25, 0.3) is 0 Å². The van der Waals surface area contributed by atoms with Crippen molar-refractivity contribution in [2.24, 2.45) is 0 Å². The average Bonchev–Trinajstić information content (AvgIpc) is 2.20. The van der Waals surface area contributed by atoms with Crippen LogP contribution in [0.4, 0.5) is 4.39 Å². The van der Waals surface area contributed by atoms with E-state index in [4.69, 9.17) is 4.74 Å². The molecule has 1 aromatic rings. The molecule has 0 aromatic heterocycles. The molecule has 0 aliphatic rings. The number of benzene rings is 1. The molecule has 0 fully saturated rings. The summed E-state index contributed by atoms with van der Waals surface area (Å²) in [7, 11) is 1.56. The van der Waals surface area contributed by atoms with Crippen LogP contribution in [0.2, 0.25) is 0 Å². The second-order valence-electron chi connectivity index (χ2n) is 3.78. The molecule has 0 bridgehead atoms. The number of ether oxygens (including phenoxy) is 1. The molecule has 2 unspecified atom stereocenters. The highest BCUT2D eigenvalue weighted by Crippen LogP contribution is 2.14. The van der Waals surface area contributed by atoms with E-state index in [0.29, 0.717) is 6.42 Å². The summed E-state index contributed by atoms with van der Waals surface area (Å²) >= 11 is 0. The van der Waals surface area contributed by atoms with E-state index < -0.39 is 6.10 Å². The minimum Gasteiger partial charge on any atom is -0.390 e. The van der Waals surface area contributed by atoms with Crippen LogP contribution in [-0.4, -0.2) is 24.4 Å². The Morgan fingerprint density at radius 2 is 2.13 bits per heavy atom. The van der Waals surface area contributed by atoms with Crippen molar-refractivity contribution in [1.82, 2.24) is 0 Å². The van der Waals surface area contributed by atoms with Gasteiger partial charge < -0.3 is 9.84 Å². The van der Waals surface area contributed by atoms with Crippen LogP contribution in [-0.2, 0) is 11.2 Å². The predicted molar refractivity (Wildman–Crippen MR) is 57.3 cm³/mol. The number of hydrogen-bond acceptors (Lipinski definition) is 2. The molecular formula is C12H17FO2. The molecule has 1 N–H and O–H groups in total. The zero-order valence-electron chi connectivity index (χ0n) is 9.33. The summed E-state index contributed by atoms with van der Waals surface area (Å²) < 4.78 is 17.8. The maximum atomic E-state index is 12.8. The van der Waals surface area contributed by atoms with Gasteiger partial charge in [-0.1, -0.05) is 6.07 Å². The van der Waals surface area contributed by atoms with Crippen LogP contribution >= 0.6 is 0 Å². The third-order valence-electron chi connectivity index (χ3n) is 2.65. The number of rotatable bonds is 4. The van der Waals surface area contributed by atoms with E-state index in [2.05, 4.69) is 0 Å². The number of aryl methyl sites for hydroxylation is 1. The van der Waals surface area contributed by atoms with E-state index in [1.165, 1.54) is 12.1 Å². The van der Waals surface area contributed by atoms with Crippen molar-refractivity contribution < 1.29 is 14.2 Å². The van der Waals surface area contributed by atoms with Gasteiger partial charge in [-0.25, -0.2) is 4.39 Å². The number of aliphatic hydroxyl groups excluding tert-OH is 1. The highest BCUT2D eigenvalue weighted by atomic mass is 19.1. The van der Waals surface area contributed by atoms with Crippen molar-refractivity contribution in [2.75, 3.05) is 7.11 Å². The minimum atomic E-state index is -0.556. The smallest absolute Gasteiger partial charge is 0.123 e. The van der Waals surface area contributed by atoms with Gasteiger partial charge in [-0.3, -0.25) is 0 Å². The van der Waals surface area contributed by atoms with Gasteiger partial charge in [0.25, 0.3) is 0 Å². The lowest BCUT2D eigenvalue weighted by Gasteiger charge is -2.18. The summed E-state index contributed by atoms with van der Waals surface area (Å²) in [5, 5.41) is 9.75. The van der Waals surface area contributed by atoms with Gasteiger partial charge in [-0.2, -0.15) is 0 Å². The molecule has 0 heterocycles. The highest BCUT2D eigenvalue weighted by molar-refractivity contribution is 5.27. The van der Waals surface area contributed by atoms with Crippen LogP contribution in [0.5, 0.6) is 0 Å². The van der Waals surface area contributed by atoms with Crippen molar-refractivity contribution in [3.63, 3.8) is 0 Å². The summed E-state index contributed by atoms with van der Waals surface area (Å²) in [6.07, 6.45) is -0.283. The summed E-state index contributed by atoms with van der Waals surface area (Å²) in [6, 6.07) is 4.59. The largest absolute Gasteiger partial charge is 0.390 e. The van der Waals surface area contributed by atoms with Gasteiger partial charge >= 0.3 is 0 Å². The van der Waals surface area contributed by atoms with E-state index in [9.17, 15) is 9.50 Å². The topological polar surface area (TPSA) is 29.5 Å². The lowest BCUT2D eigenvalue weighted by Crippen LogP contribution is -2.27. The molecule has 0 aliphatic heterocycles. The number of methoxy groups -OCH3 is 1. The predicted octanol–water partition coefficient (Wildman–Crippen LogP) is 2.07. The summed E-state index contributed by atoms with van der Waals surface area (Å²) in [5.74, 6) is -0.245. The van der Waals surface area contributed by atoms with Crippen LogP contribution in [0, 0.1) is 12.7 Å². The van der Waals surface area contributed by atoms with E-state index in [1.54, 1.807) is 13.2 Å². The molecule has 2 atom stereocenters. The maximum absolute atomic E-state index is 12.8.